The Balaban J connectivity index is 1.55. The topological polar surface area (TPSA) is 39.3 Å². The van der Waals surface area contributed by atoms with Gasteiger partial charge in [-0.05, 0) is 61.7 Å². The first kappa shape index (κ1) is 27.1. The lowest BCUT2D eigenvalue weighted by Gasteiger charge is -2.30. The minimum absolute atomic E-state index is 0.00895. The van der Waals surface area contributed by atoms with Crippen molar-refractivity contribution in [1.82, 2.24) is 14.8 Å². The average Bonchev–Trinajstić information content (AvgIpc) is 3.28. The van der Waals surface area contributed by atoms with Crippen molar-refractivity contribution in [2.45, 2.75) is 39.4 Å². The normalized spacial score (nSPS) is 11.6. The molecular weight excluding hydrogens is 515 g/mol. The molecule has 4 nitrogen and oxygen atoms in total. The number of nitrogens with one attached hydrogen (secondary N) is 1. The minimum Gasteiger partial charge on any atom is -0.361 e. The van der Waals surface area contributed by atoms with Crippen LogP contribution in [-0.2, 0) is 24.3 Å². The molecule has 0 fully saturated rings. The average molecular weight is 544 g/mol. The van der Waals surface area contributed by atoms with Crippen LogP contribution in [0.3, 0.4) is 0 Å². The number of hydrogen-bond donors (Lipinski definition) is 1. The molecule has 0 saturated heterocycles. The van der Waals surface area contributed by atoms with E-state index in [0.717, 1.165) is 22.0 Å². The molecule has 0 radical (unpaired) electrons. The Bertz CT molecular complexity index is 1370. The number of rotatable bonds is 10. The van der Waals surface area contributed by atoms with E-state index in [9.17, 15) is 13.6 Å². The van der Waals surface area contributed by atoms with Crippen molar-refractivity contribution in [2.75, 3.05) is 13.1 Å². The van der Waals surface area contributed by atoms with Crippen molar-refractivity contribution in [2.24, 2.45) is 0 Å². The number of amides is 1. The van der Waals surface area contributed by atoms with Gasteiger partial charge in [-0.2, -0.15) is 0 Å². The van der Waals surface area contributed by atoms with E-state index in [4.69, 9.17) is 23.2 Å². The lowest BCUT2D eigenvalue weighted by molar-refractivity contribution is -0.133. The summed E-state index contributed by atoms with van der Waals surface area (Å²) in [6, 6.07) is 17.0. The van der Waals surface area contributed by atoms with E-state index in [2.05, 4.69) is 11.1 Å². The Hall–Kier alpha value is -2.93. The number of carbonyl (C=O) groups excluding carboxylic acids is 1. The van der Waals surface area contributed by atoms with Crippen LogP contribution in [0.15, 0.2) is 66.9 Å². The number of aromatic nitrogens is 1. The van der Waals surface area contributed by atoms with E-state index < -0.39 is 11.6 Å². The smallest absolute Gasteiger partial charge is 0.237 e. The maximum Gasteiger partial charge on any atom is 0.237 e. The summed E-state index contributed by atoms with van der Waals surface area (Å²) in [5, 5.41) is 1.98. The fourth-order valence-corrected chi connectivity index (χ4v) is 4.65. The second-order valence-corrected chi connectivity index (χ2v) is 10.2. The highest BCUT2D eigenvalue weighted by atomic mass is 35.5. The number of fused-ring (bicyclic) bond motifs is 1. The van der Waals surface area contributed by atoms with Gasteiger partial charge in [0.2, 0.25) is 5.91 Å². The molecule has 0 aliphatic carbocycles. The van der Waals surface area contributed by atoms with E-state index in [0.29, 0.717) is 29.6 Å². The van der Waals surface area contributed by atoms with Crippen LogP contribution in [-0.4, -0.2) is 39.8 Å². The summed E-state index contributed by atoms with van der Waals surface area (Å²) in [5.74, 6) is -1.38. The molecule has 0 spiro atoms. The maximum atomic E-state index is 14.3. The highest BCUT2D eigenvalue weighted by Gasteiger charge is 2.23. The van der Waals surface area contributed by atoms with Crippen molar-refractivity contribution in [3.8, 4) is 0 Å². The van der Waals surface area contributed by atoms with Gasteiger partial charge in [0.05, 0.1) is 16.6 Å². The Morgan fingerprint density at radius 2 is 1.68 bits per heavy atom. The SMILES string of the molecule is CC(C)N(CC(=O)N(CCc1c[nH]c2ccccc12)Cc1ccc(Cl)c(Cl)c1)Cc1c(F)cccc1F. The van der Waals surface area contributed by atoms with Crippen LogP contribution in [0, 0.1) is 11.6 Å². The summed E-state index contributed by atoms with van der Waals surface area (Å²) in [6.07, 6.45) is 2.61. The van der Waals surface area contributed by atoms with Crippen LogP contribution in [0.25, 0.3) is 10.9 Å². The van der Waals surface area contributed by atoms with Gasteiger partial charge in [0, 0.05) is 48.3 Å². The molecule has 37 heavy (non-hydrogen) atoms. The Labute approximate surface area is 225 Å². The highest BCUT2D eigenvalue weighted by molar-refractivity contribution is 6.42. The molecule has 0 aliphatic rings. The monoisotopic (exact) mass is 543 g/mol. The van der Waals surface area contributed by atoms with Gasteiger partial charge in [0.1, 0.15) is 11.6 Å². The van der Waals surface area contributed by atoms with Gasteiger partial charge in [-0.3, -0.25) is 9.69 Å². The van der Waals surface area contributed by atoms with Gasteiger partial charge in [0.25, 0.3) is 0 Å². The number of aromatic amines is 1. The summed E-state index contributed by atoms with van der Waals surface area (Å²) < 4.78 is 28.7. The molecule has 1 amide bonds. The second-order valence-electron chi connectivity index (χ2n) is 9.37. The van der Waals surface area contributed by atoms with Gasteiger partial charge in [0.15, 0.2) is 0 Å². The third-order valence-corrected chi connectivity index (χ3v) is 7.27. The molecule has 0 bridgehead atoms. The fourth-order valence-electron chi connectivity index (χ4n) is 4.33. The Morgan fingerprint density at radius 3 is 2.38 bits per heavy atom. The van der Waals surface area contributed by atoms with Crippen LogP contribution >= 0.6 is 23.2 Å². The minimum atomic E-state index is -0.620. The highest BCUT2D eigenvalue weighted by Crippen LogP contribution is 2.24. The van der Waals surface area contributed by atoms with Gasteiger partial charge in [-0.15, -0.1) is 0 Å². The van der Waals surface area contributed by atoms with E-state index in [1.165, 1.54) is 18.2 Å². The molecule has 194 valence electrons. The standard InChI is InChI=1S/C29H29Cl2F2N3O/c1-19(2)36(17-23-26(32)7-5-8-27(23)33)18-29(37)35(16-20-10-11-24(30)25(31)14-20)13-12-21-15-34-28-9-4-3-6-22(21)28/h3-11,14-15,19,34H,12-13,16-18H2,1-2H3. The third kappa shape index (κ3) is 6.69. The largest absolute Gasteiger partial charge is 0.361 e. The summed E-state index contributed by atoms with van der Waals surface area (Å²) in [6.45, 7) is 4.60. The van der Waals surface area contributed by atoms with Crippen LogP contribution in [0.1, 0.15) is 30.5 Å². The summed E-state index contributed by atoms with van der Waals surface area (Å²) >= 11 is 12.3. The van der Waals surface area contributed by atoms with Crippen LogP contribution in [0.4, 0.5) is 8.78 Å². The molecule has 4 aromatic rings. The van der Waals surface area contributed by atoms with Crippen LogP contribution in [0.5, 0.6) is 0 Å². The summed E-state index contributed by atoms with van der Waals surface area (Å²) in [5.41, 5.74) is 2.95. The molecule has 0 unspecified atom stereocenters. The summed E-state index contributed by atoms with van der Waals surface area (Å²) in [7, 11) is 0. The zero-order chi connectivity index (χ0) is 26.5. The number of para-hydroxylation sites is 1. The molecule has 1 N–H and O–H groups in total. The van der Waals surface area contributed by atoms with Gasteiger partial charge in [-0.25, -0.2) is 8.78 Å². The Morgan fingerprint density at radius 1 is 0.946 bits per heavy atom. The molecule has 1 heterocycles. The molecular formula is C29H29Cl2F2N3O. The third-order valence-electron chi connectivity index (χ3n) is 6.53. The number of carbonyl (C=O) groups is 1. The lowest BCUT2D eigenvalue weighted by atomic mass is 10.1. The van der Waals surface area contributed by atoms with Crippen molar-refractivity contribution < 1.29 is 13.6 Å². The van der Waals surface area contributed by atoms with Gasteiger partial charge >= 0.3 is 0 Å². The van der Waals surface area contributed by atoms with Crippen LogP contribution in [0.2, 0.25) is 10.0 Å². The zero-order valence-corrected chi connectivity index (χ0v) is 22.3. The molecule has 3 aromatic carbocycles. The maximum absolute atomic E-state index is 14.3. The predicted molar refractivity (Wildman–Crippen MR) is 146 cm³/mol. The number of halogens is 4. The molecule has 0 aliphatic heterocycles. The first-order chi connectivity index (χ1) is 17.7. The molecule has 4 rings (SSSR count). The second kappa shape index (κ2) is 12.1. The van der Waals surface area contributed by atoms with Crippen molar-refractivity contribution in [3.63, 3.8) is 0 Å². The lowest BCUT2D eigenvalue weighted by Crippen LogP contribution is -2.43. The molecule has 0 saturated carbocycles. The zero-order valence-electron chi connectivity index (χ0n) is 20.8. The molecule has 8 heteroatoms. The van der Waals surface area contributed by atoms with Gasteiger partial charge < -0.3 is 9.88 Å². The van der Waals surface area contributed by atoms with E-state index in [1.807, 2.05) is 44.3 Å². The fraction of sp³-hybridized carbons (Fsp3) is 0.276. The van der Waals surface area contributed by atoms with Crippen LogP contribution < -0.4 is 0 Å². The quantitative estimate of drug-likeness (QED) is 0.229. The predicted octanol–water partition coefficient (Wildman–Crippen LogP) is 7.23. The number of nitrogens with zero attached hydrogens (tertiary/aromatic N) is 2. The first-order valence-corrected chi connectivity index (χ1v) is 12.9. The first-order valence-electron chi connectivity index (χ1n) is 12.2. The number of benzene rings is 3. The van der Waals surface area contributed by atoms with E-state index >= 15 is 0 Å². The van der Waals surface area contributed by atoms with Crippen molar-refractivity contribution >= 4 is 40.0 Å². The van der Waals surface area contributed by atoms with E-state index in [1.54, 1.807) is 21.9 Å². The van der Waals surface area contributed by atoms with Crippen molar-refractivity contribution in [1.29, 1.82) is 0 Å². The number of H-pyrrole nitrogens is 1. The summed E-state index contributed by atoms with van der Waals surface area (Å²) in [4.78, 5) is 20.4. The molecule has 1 aromatic heterocycles. The van der Waals surface area contributed by atoms with Crippen molar-refractivity contribution in [3.05, 3.63) is 105 Å². The Kier molecular flexibility index (Phi) is 8.85. The van der Waals surface area contributed by atoms with E-state index in [-0.39, 0.29) is 30.6 Å². The van der Waals surface area contributed by atoms with Gasteiger partial charge in [-0.1, -0.05) is 53.5 Å². The number of hydrogen-bond acceptors (Lipinski definition) is 2. The molecule has 0 atom stereocenters.